The number of hydrogen-bond acceptors (Lipinski definition) is 4. The third-order valence-electron chi connectivity index (χ3n) is 2.43. The van der Waals surface area contributed by atoms with E-state index in [1.807, 2.05) is 20.8 Å². The van der Waals surface area contributed by atoms with Crippen LogP contribution in [-0.2, 0) is 14.9 Å². The molecule has 1 atom stereocenters. The van der Waals surface area contributed by atoms with Crippen molar-refractivity contribution in [3.05, 3.63) is 29.8 Å². The van der Waals surface area contributed by atoms with Gasteiger partial charge in [0.2, 0.25) is 0 Å². The summed E-state index contributed by atoms with van der Waals surface area (Å²) >= 11 is 0. The molecule has 0 amide bonds. The van der Waals surface area contributed by atoms with Crippen molar-refractivity contribution in [1.82, 2.24) is 0 Å². The van der Waals surface area contributed by atoms with Crippen LogP contribution in [-0.4, -0.2) is 35.6 Å². The van der Waals surface area contributed by atoms with Crippen LogP contribution in [0.25, 0.3) is 0 Å². The second kappa shape index (κ2) is 8.64. The molecule has 8 heteroatoms. The molecule has 1 aromatic rings. The SMILES string of the molecule is CC(C)[C@H]([NH3+])C(=O)O.Cc1ccc(S(=O)(=O)[O-])cc1.O. The zero-order chi connectivity index (χ0) is 15.2. The zero-order valence-corrected chi connectivity index (χ0v) is 12.5. The fourth-order valence-electron chi connectivity index (χ4n) is 0.990. The molecule has 0 saturated heterocycles. The first-order chi connectivity index (χ1) is 8.55. The molecule has 0 aliphatic carbocycles. The van der Waals surface area contributed by atoms with Gasteiger partial charge in [-0.2, -0.15) is 0 Å². The lowest BCUT2D eigenvalue weighted by Crippen LogP contribution is -2.67. The maximum absolute atomic E-state index is 10.4. The third kappa shape index (κ3) is 7.85. The van der Waals surface area contributed by atoms with Crippen molar-refractivity contribution >= 4 is 16.1 Å². The Kier molecular flexibility index (Phi) is 9.00. The molecule has 0 aliphatic heterocycles. The van der Waals surface area contributed by atoms with Crippen LogP contribution in [0.4, 0.5) is 0 Å². The zero-order valence-electron chi connectivity index (χ0n) is 11.7. The number of carboxylic acid groups (broad SMARTS) is 1. The van der Waals surface area contributed by atoms with Gasteiger partial charge in [0.25, 0.3) is 0 Å². The summed E-state index contributed by atoms with van der Waals surface area (Å²) in [5, 5.41) is 8.29. The first-order valence-corrected chi connectivity index (χ1v) is 7.05. The van der Waals surface area contributed by atoms with E-state index in [4.69, 9.17) is 5.11 Å². The maximum Gasteiger partial charge on any atom is 0.362 e. The number of aliphatic carboxylic acids is 1. The van der Waals surface area contributed by atoms with E-state index in [1.165, 1.54) is 12.1 Å². The Balaban J connectivity index is 0. The van der Waals surface area contributed by atoms with E-state index < -0.39 is 22.1 Å². The molecule has 7 nitrogen and oxygen atoms in total. The van der Waals surface area contributed by atoms with Gasteiger partial charge in [0, 0.05) is 5.92 Å². The molecule has 0 heterocycles. The maximum atomic E-state index is 10.4. The summed E-state index contributed by atoms with van der Waals surface area (Å²) in [6.07, 6.45) is 0. The normalized spacial score (nSPS) is 11.9. The molecular formula is C12H21NO6S. The van der Waals surface area contributed by atoms with Crippen molar-refractivity contribution in [3.8, 4) is 0 Å². The molecule has 0 aliphatic rings. The van der Waals surface area contributed by atoms with E-state index in [9.17, 15) is 17.8 Å². The minimum Gasteiger partial charge on any atom is -0.744 e. The van der Waals surface area contributed by atoms with Crippen LogP contribution in [0.15, 0.2) is 29.2 Å². The van der Waals surface area contributed by atoms with E-state index in [0.717, 1.165) is 5.56 Å². The quantitative estimate of drug-likeness (QED) is 0.714. The lowest BCUT2D eigenvalue weighted by atomic mass is 10.1. The van der Waals surface area contributed by atoms with Crippen LogP contribution in [0, 0.1) is 12.8 Å². The van der Waals surface area contributed by atoms with Crippen LogP contribution in [0.3, 0.4) is 0 Å². The molecular weight excluding hydrogens is 286 g/mol. The van der Waals surface area contributed by atoms with E-state index in [2.05, 4.69) is 5.73 Å². The molecule has 0 aromatic heterocycles. The minimum atomic E-state index is -4.27. The Morgan fingerprint density at radius 2 is 1.65 bits per heavy atom. The summed E-state index contributed by atoms with van der Waals surface area (Å²) in [7, 11) is -4.27. The number of quaternary nitrogens is 1. The first kappa shape index (κ1) is 20.8. The lowest BCUT2D eigenvalue weighted by Gasteiger charge is -2.05. The molecule has 1 rings (SSSR count). The van der Waals surface area contributed by atoms with Gasteiger partial charge in [0.15, 0.2) is 6.04 Å². The van der Waals surface area contributed by atoms with Gasteiger partial charge in [0.05, 0.1) is 4.90 Å². The highest BCUT2D eigenvalue weighted by Crippen LogP contribution is 2.08. The number of aryl methyl sites for hydroxylation is 1. The number of hydrogen-bond donors (Lipinski definition) is 2. The predicted molar refractivity (Wildman–Crippen MR) is 71.9 cm³/mol. The number of carboxylic acids is 1. The van der Waals surface area contributed by atoms with Gasteiger partial charge in [-0.15, -0.1) is 0 Å². The van der Waals surface area contributed by atoms with Gasteiger partial charge in [-0.3, -0.25) is 0 Å². The van der Waals surface area contributed by atoms with E-state index in [0.29, 0.717) is 0 Å². The summed E-state index contributed by atoms with van der Waals surface area (Å²) in [6.45, 7) is 5.50. The van der Waals surface area contributed by atoms with E-state index in [-0.39, 0.29) is 16.3 Å². The largest absolute Gasteiger partial charge is 0.744 e. The van der Waals surface area contributed by atoms with Crippen molar-refractivity contribution in [2.75, 3.05) is 0 Å². The molecule has 0 radical (unpaired) electrons. The molecule has 0 saturated carbocycles. The van der Waals surface area contributed by atoms with Gasteiger partial charge >= 0.3 is 5.97 Å². The Morgan fingerprint density at radius 3 is 1.85 bits per heavy atom. The van der Waals surface area contributed by atoms with Crippen molar-refractivity contribution in [1.29, 1.82) is 0 Å². The smallest absolute Gasteiger partial charge is 0.362 e. The van der Waals surface area contributed by atoms with Crippen LogP contribution in [0.2, 0.25) is 0 Å². The highest BCUT2D eigenvalue weighted by molar-refractivity contribution is 7.85. The lowest BCUT2D eigenvalue weighted by molar-refractivity contribution is -0.417. The van der Waals surface area contributed by atoms with Gasteiger partial charge in [-0.1, -0.05) is 31.5 Å². The fraction of sp³-hybridized carbons (Fsp3) is 0.417. The second-order valence-electron chi connectivity index (χ2n) is 4.46. The highest BCUT2D eigenvalue weighted by atomic mass is 32.2. The van der Waals surface area contributed by atoms with Crippen LogP contribution < -0.4 is 5.73 Å². The summed E-state index contributed by atoms with van der Waals surface area (Å²) < 4.78 is 31.2. The highest BCUT2D eigenvalue weighted by Gasteiger charge is 2.18. The summed E-state index contributed by atoms with van der Waals surface area (Å²) in [5.41, 5.74) is 4.37. The summed E-state index contributed by atoms with van der Waals surface area (Å²) in [5.74, 6) is -0.687. The molecule has 1 aromatic carbocycles. The average Bonchev–Trinajstić information content (AvgIpc) is 2.27. The van der Waals surface area contributed by atoms with E-state index >= 15 is 0 Å². The van der Waals surface area contributed by atoms with Crippen molar-refractivity contribution < 1.29 is 34.1 Å². The Morgan fingerprint density at radius 1 is 1.25 bits per heavy atom. The fourth-order valence-corrected chi connectivity index (χ4v) is 1.46. The topological polar surface area (TPSA) is 154 Å². The second-order valence-corrected chi connectivity index (χ2v) is 5.84. The van der Waals surface area contributed by atoms with Crippen LogP contribution >= 0.6 is 0 Å². The van der Waals surface area contributed by atoms with Gasteiger partial charge in [-0.25, -0.2) is 13.2 Å². The summed E-state index contributed by atoms with van der Waals surface area (Å²) in [6, 6.07) is 5.32. The molecule has 116 valence electrons. The summed E-state index contributed by atoms with van der Waals surface area (Å²) in [4.78, 5) is 9.90. The number of carbonyl (C=O) groups is 1. The molecule has 6 N–H and O–H groups in total. The van der Waals surface area contributed by atoms with Crippen molar-refractivity contribution in [2.45, 2.75) is 31.7 Å². The van der Waals surface area contributed by atoms with Gasteiger partial charge in [0.1, 0.15) is 10.1 Å². The standard InChI is InChI=1S/C7H8O3S.C5H11NO2.H2O/c1-6-2-4-7(5-3-6)11(8,9)10;1-3(2)4(6)5(7)8;/h2-5H,1H3,(H,8,9,10);3-4H,6H2,1-2H3,(H,7,8);1H2/t;4-;/m.0./s1. The Bertz CT molecular complexity index is 509. The Hall–Kier alpha value is -1.48. The molecule has 0 spiro atoms. The molecule has 0 fully saturated rings. The minimum absolute atomic E-state index is 0. The third-order valence-corrected chi connectivity index (χ3v) is 3.28. The van der Waals surface area contributed by atoms with Gasteiger partial charge < -0.3 is 20.9 Å². The number of rotatable bonds is 3. The first-order valence-electron chi connectivity index (χ1n) is 5.64. The van der Waals surface area contributed by atoms with Crippen LogP contribution in [0.5, 0.6) is 0 Å². The predicted octanol–water partition coefficient (Wildman–Crippen LogP) is -0.588. The molecule has 20 heavy (non-hydrogen) atoms. The average molecular weight is 307 g/mol. The van der Waals surface area contributed by atoms with Crippen LogP contribution in [0.1, 0.15) is 19.4 Å². The number of benzene rings is 1. The van der Waals surface area contributed by atoms with E-state index in [1.54, 1.807) is 12.1 Å². The van der Waals surface area contributed by atoms with Gasteiger partial charge in [-0.05, 0) is 19.1 Å². The molecule has 0 bridgehead atoms. The molecule has 0 unspecified atom stereocenters. The van der Waals surface area contributed by atoms with Crippen molar-refractivity contribution in [2.24, 2.45) is 5.92 Å². The monoisotopic (exact) mass is 307 g/mol. The Labute approximate surface area is 118 Å². The van der Waals surface area contributed by atoms with Crippen molar-refractivity contribution in [3.63, 3.8) is 0 Å².